The van der Waals surface area contributed by atoms with E-state index in [4.69, 9.17) is 9.72 Å². The van der Waals surface area contributed by atoms with E-state index in [1.807, 2.05) is 12.3 Å². The van der Waals surface area contributed by atoms with Crippen LogP contribution in [0.4, 0.5) is 5.82 Å². The van der Waals surface area contributed by atoms with Crippen LogP contribution < -0.4 is 9.64 Å². The lowest BCUT2D eigenvalue weighted by molar-refractivity contribution is 0.415. The van der Waals surface area contributed by atoms with Gasteiger partial charge in [-0.1, -0.05) is 28.8 Å². The number of aromatic nitrogens is 1. The van der Waals surface area contributed by atoms with Crippen LogP contribution >= 0.6 is 15.9 Å². The molecule has 0 spiro atoms. The smallest absolute Gasteiger partial charge is 0.136 e. The molecule has 1 aromatic heterocycles. The molecular formula is C17H21BrN2O. The van der Waals surface area contributed by atoms with Crippen LogP contribution in [0.3, 0.4) is 0 Å². The summed E-state index contributed by atoms with van der Waals surface area (Å²) in [6.07, 6.45) is 7.02. The molecule has 21 heavy (non-hydrogen) atoms. The molecule has 3 nitrogen and oxygen atoms in total. The maximum atomic E-state index is 5.33. The summed E-state index contributed by atoms with van der Waals surface area (Å²) in [5.41, 5.74) is 0. The molecule has 0 radical (unpaired) electrons. The predicted octanol–water partition coefficient (Wildman–Crippen LogP) is 4.39. The first-order valence-corrected chi connectivity index (χ1v) is 8.71. The van der Waals surface area contributed by atoms with Gasteiger partial charge in [-0.2, -0.15) is 0 Å². The highest BCUT2D eigenvalue weighted by molar-refractivity contribution is 9.09. The van der Waals surface area contributed by atoms with E-state index in [1.165, 1.54) is 36.5 Å². The Morgan fingerprint density at radius 2 is 2.19 bits per heavy atom. The van der Waals surface area contributed by atoms with Gasteiger partial charge in [0.2, 0.25) is 0 Å². The number of pyridine rings is 1. The largest absolute Gasteiger partial charge is 0.497 e. The Morgan fingerprint density at radius 3 is 3.00 bits per heavy atom. The van der Waals surface area contributed by atoms with E-state index in [0.29, 0.717) is 6.04 Å². The van der Waals surface area contributed by atoms with Crippen LogP contribution in [0, 0.1) is 0 Å². The number of methoxy groups -OCH3 is 1. The van der Waals surface area contributed by atoms with Gasteiger partial charge in [-0.3, -0.25) is 0 Å². The minimum atomic E-state index is 0.535. The third-order valence-electron chi connectivity index (χ3n) is 4.28. The van der Waals surface area contributed by atoms with Gasteiger partial charge in [-0.25, -0.2) is 4.98 Å². The summed E-state index contributed by atoms with van der Waals surface area (Å²) >= 11 is 3.68. The van der Waals surface area contributed by atoms with E-state index in [9.17, 15) is 0 Å². The summed E-state index contributed by atoms with van der Waals surface area (Å²) in [5.74, 6) is 2.01. The first-order valence-electron chi connectivity index (χ1n) is 7.59. The van der Waals surface area contributed by atoms with Crippen molar-refractivity contribution in [1.82, 2.24) is 4.98 Å². The summed E-state index contributed by atoms with van der Waals surface area (Å²) in [5, 5.41) is 3.41. The molecule has 1 saturated heterocycles. The standard InChI is InChI=1S/C17H21BrN2O/c1-21-15-6-7-16-13(11-15)8-9-19-17(16)20-10-4-2-3-5-14(20)12-18/h6-9,11,14H,2-5,10,12H2,1H3. The topological polar surface area (TPSA) is 25.4 Å². The Bertz CT molecular complexity index is 617. The highest BCUT2D eigenvalue weighted by Crippen LogP contribution is 2.31. The molecule has 1 unspecified atom stereocenters. The molecular weight excluding hydrogens is 328 g/mol. The van der Waals surface area contributed by atoms with Crippen molar-refractivity contribution in [3.05, 3.63) is 30.5 Å². The summed E-state index contributed by atoms with van der Waals surface area (Å²) < 4.78 is 5.33. The van der Waals surface area contributed by atoms with Crippen molar-refractivity contribution >= 4 is 32.5 Å². The summed E-state index contributed by atoms with van der Waals surface area (Å²) in [6.45, 7) is 1.09. The monoisotopic (exact) mass is 348 g/mol. The molecule has 0 bridgehead atoms. The highest BCUT2D eigenvalue weighted by Gasteiger charge is 2.22. The maximum Gasteiger partial charge on any atom is 0.136 e. The van der Waals surface area contributed by atoms with Gasteiger partial charge in [0.1, 0.15) is 11.6 Å². The number of anilines is 1. The Kier molecular flexibility index (Phi) is 4.63. The number of ether oxygens (including phenoxy) is 1. The zero-order valence-corrected chi connectivity index (χ0v) is 14.0. The second kappa shape index (κ2) is 6.65. The molecule has 3 rings (SSSR count). The molecule has 0 saturated carbocycles. The highest BCUT2D eigenvalue weighted by atomic mass is 79.9. The normalized spacial score (nSPS) is 19.5. The van der Waals surface area contributed by atoms with Crippen LogP contribution in [0.5, 0.6) is 5.75 Å². The number of alkyl halides is 1. The fourth-order valence-electron chi connectivity index (χ4n) is 3.11. The van der Waals surface area contributed by atoms with Gasteiger partial charge in [0.05, 0.1) is 7.11 Å². The summed E-state index contributed by atoms with van der Waals surface area (Å²) in [4.78, 5) is 7.17. The van der Waals surface area contributed by atoms with E-state index in [1.54, 1.807) is 7.11 Å². The Balaban J connectivity index is 2.05. The SMILES string of the molecule is COc1ccc2c(N3CCCCCC3CBr)nccc2c1. The van der Waals surface area contributed by atoms with Gasteiger partial charge < -0.3 is 9.64 Å². The van der Waals surface area contributed by atoms with E-state index in [-0.39, 0.29) is 0 Å². The van der Waals surface area contributed by atoms with E-state index in [2.05, 4.69) is 39.0 Å². The van der Waals surface area contributed by atoms with Gasteiger partial charge in [0, 0.05) is 29.5 Å². The number of rotatable bonds is 3. The predicted molar refractivity (Wildman–Crippen MR) is 91.7 cm³/mol. The molecule has 0 amide bonds. The van der Waals surface area contributed by atoms with Crippen LogP contribution in [-0.4, -0.2) is 30.0 Å². The summed E-state index contributed by atoms with van der Waals surface area (Å²) in [6, 6.07) is 8.83. The zero-order valence-electron chi connectivity index (χ0n) is 12.4. The first-order chi connectivity index (χ1) is 10.3. The van der Waals surface area contributed by atoms with Crippen LogP contribution in [0.15, 0.2) is 30.5 Å². The Morgan fingerprint density at radius 1 is 1.29 bits per heavy atom. The number of hydrogen-bond acceptors (Lipinski definition) is 3. The fraction of sp³-hybridized carbons (Fsp3) is 0.471. The third kappa shape index (κ3) is 3.00. The van der Waals surface area contributed by atoms with Crippen molar-refractivity contribution in [1.29, 1.82) is 0 Å². The van der Waals surface area contributed by atoms with Gasteiger partial charge in [-0.05, 0) is 42.5 Å². The van der Waals surface area contributed by atoms with Crippen LogP contribution in [0.25, 0.3) is 10.8 Å². The van der Waals surface area contributed by atoms with Crippen LogP contribution in [0.1, 0.15) is 25.7 Å². The Hall–Kier alpha value is -1.29. The number of halogens is 1. The lowest BCUT2D eigenvalue weighted by atomic mass is 10.1. The first kappa shape index (κ1) is 14.6. The molecule has 1 aromatic carbocycles. The van der Waals surface area contributed by atoms with Crippen molar-refractivity contribution in [2.24, 2.45) is 0 Å². The molecule has 0 aliphatic carbocycles. The maximum absolute atomic E-state index is 5.33. The molecule has 4 heteroatoms. The van der Waals surface area contributed by atoms with Crippen molar-refractivity contribution in [2.75, 3.05) is 23.9 Å². The second-order valence-electron chi connectivity index (χ2n) is 5.57. The van der Waals surface area contributed by atoms with E-state index >= 15 is 0 Å². The summed E-state index contributed by atoms with van der Waals surface area (Å²) in [7, 11) is 1.71. The minimum Gasteiger partial charge on any atom is -0.497 e. The molecule has 0 N–H and O–H groups in total. The number of benzene rings is 1. The molecule has 112 valence electrons. The van der Waals surface area contributed by atoms with E-state index in [0.717, 1.165) is 23.4 Å². The molecule has 2 heterocycles. The zero-order chi connectivity index (χ0) is 14.7. The van der Waals surface area contributed by atoms with Crippen LogP contribution in [0.2, 0.25) is 0 Å². The average molecular weight is 349 g/mol. The second-order valence-corrected chi connectivity index (χ2v) is 6.22. The minimum absolute atomic E-state index is 0.535. The molecule has 1 atom stereocenters. The molecule has 2 aromatic rings. The fourth-order valence-corrected chi connectivity index (χ4v) is 3.79. The van der Waals surface area contributed by atoms with Crippen molar-refractivity contribution in [3.63, 3.8) is 0 Å². The van der Waals surface area contributed by atoms with Gasteiger partial charge in [-0.15, -0.1) is 0 Å². The van der Waals surface area contributed by atoms with Crippen molar-refractivity contribution in [3.8, 4) is 5.75 Å². The average Bonchev–Trinajstić information content (AvgIpc) is 2.78. The number of hydrogen-bond donors (Lipinski definition) is 0. The van der Waals surface area contributed by atoms with Gasteiger partial charge in [0.25, 0.3) is 0 Å². The molecule has 1 aliphatic heterocycles. The lowest BCUT2D eigenvalue weighted by Crippen LogP contribution is -2.36. The molecule has 1 fully saturated rings. The third-order valence-corrected chi connectivity index (χ3v) is 5.03. The Labute approximate surface area is 134 Å². The quantitative estimate of drug-likeness (QED) is 0.769. The lowest BCUT2D eigenvalue weighted by Gasteiger charge is -2.30. The number of nitrogens with zero attached hydrogens (tertiary/aromatic N) is 2. The molecule has 1 aliphatic rings. The van der Waals surface area contributed by atoms with Crippen molar-refractivity contribution < 1.29 is 4.74 Å². The van der Waals surface area contributed by atoms with Gasteiger partial charge >= 0.3 is 0 Å². The van der Waals surface area contributed by atoms with Crippen molar-refractivity contribution in [2.45, 2.75) is 31.7 Å². The van der Waals surface area contributed by atoms with Crippen LogP contribution in [-0.2, 0) is 0 Å². The number of fused-ring (bicyclic) bond motifs is 1. The van der Waals surface area contributed by atoms with Gasteiger partial charge in [0.15, 0.2) is 0 Å². The van der Waals surface area contributed by atoms with E-state index < -0.39 is 0 Å².